The Morgan fingerprint density at radius 1 is 1.18 bits per heavy atom. The summed E-state index contributed by atoms with van der Waals surface area (Å²) in [6.07, 6.45) is 11.8. The molecule has 1 atom stereocenters. The number of allylic oxidation sites excluding steroid dienone is 2. The maximum Gasteiger partial charge on any atom is 1.00 e. The van der Waals surface area contributed by atoms with Crippen LogP contribution in [-0.4, -0.2) is 23.9 Å². The van der Waals surface area contributed by atoms with Gasteiger partial charge >= 0.3 is 35.5 Å². The Kier molecular flexibility index (Phi) is 10.5. The molecule has 0 aromatic carbocycles. The Hall–Kier alpha value is -0.140. The minimum absolute atomic E-state index is 0. The van der Waals surface area contributed by atoms with Crippen LogP contribution in [-0.2, 0) is 19.6 Å². The van der Waals surface area contributed by atoms with E-state index in [0.29, 0.717) is 6.42 Å². The van der Waals surface area contributed by atoms with Gasteiger partial charge in [0.25, 0.3) is 0 Å². The summed E-state index contributed by atoms with van der Waals surface area (Å²) in [5.41, 5.74) is 0. The first-order chi connectivity index (χ1) is 9.91. The van der Waals surface area contributed by atoms with Crippen LogP contribution >= 0.6 is 0 Å². The number of carbonyl (C=O) groups excluding carboxylic acids is 1. The molecule has 22 heavy (non-hydrogen) atoms. The van der Waals surface area contributed by atoms with Crippen molar-refractivity contribution in [1.29, 1.82) is 0 Å². The van der Waals surface area contributed by atoms with Gasteiger partial charge in [-0.3, -0.25) is 4.79 Å². The van der Waals surface area contributed by atoms with Crippen LogP contribution in [0.5, 0.6) is 0 Å². The minimum atomic E-state index is -4.76. The standard InChI is InChI=1S/C15H24O5S.Na/c1-2-3-4-5-6-8-11-14(16)20-15(21(17,18)19)12-9-7-10-13-15;/h7,9-10,12H,2-6,8,11,13H2,1H3,(H,17,18,19);/q;+1/p-1. The van der Waals surface area contributed by atoms with Crippen LogP contribution in [0, 0.1) is 0 Å². The molecule has 0 N–H and O–H groups in total. The van der Waals surface area contributed by atoms with Crippen molar-refractivity contribution in [3.8, 4) is 0 Å². The van der Waals surface area contributed by atoms with E-state index in [9.17, 15) is 17.8 Å². The Balaban J connectivity index is 0.00000441. The van der Waals surface area contributed by atoms with E-state index in [4.69, 9.17) is 4.74 Å². The molecule has 0 bridgehead atoms. The second kappa shape index (κ2) is 10.6. The summed E-state index contributed by atoms with van der Waals surface area (Å²) in [5, 5.41) is 0. The van der Waals surface area contributed by atoms with E-state index in [0.717, 1.165) is 31.8 Å². The maximum absolute atomic E-state index is 11.8. The van der Waals surface area contributed by atoms with Crippen LogP contribution in [0.2, 0.25) is 0 Å². The second-order valence-electron chi connectivity index (χ2n) is 5.25. The first-order valence-corrected chi connectivity index (χ1v) is 8.84. The summed E-state index contributed by atoms with van der Waals surface area (Å²) >= 11 is 0. The molecule has 7 heteroatoms. The van der Waals surface area contributed by atoms with Gasteiger partial charge in [-0.15, -0.1) is 0 Å². The zero-order chi connectivity index (χ0) is 15.8. The number of ether oxygens (including phenoxy) is 1. The number of hydrogen-bond acceptors (Lipinski definition) is 5. The molecular weight excluding hydrogens is 315 g/mol. The van der Waals surface area contributed by atoms with Gasteiger partial charge in [0.1, 0.15) is 10.1 Å². The molecule has 120 valence electrons. The Morgan fingerprint density at radius 2 is 1.82 bits per heavy atom. The molecule has 1 rings (SSSR count). The zero-order valence-corrected chi connectivity index (χ0v) is 16.2. The fourth-order valence-electron chi connectivity index (χ4n) is 2.19. The molecule has 1 aliphatic carbocycles. The van der Waals surface area contributed by atoms with Crippen LogP contribution < -0.4 is 29.6 Å². The molecule has 0 spiro atoms. The number of esters is 1. The van der Waals surface area contributed by atoms with Gasteiger partial charge in [-0.25, -0.2) is 8.42 Å². The van der Waals surface area contributed by atoms with Crippen molar-refractivity contribution in [2.24, 2.45) is 0 Å². The smallest absolute Gasteiger partial charge is 0.745 e. The fraction of sp³-hybridized carbons (Fsp3) is 0.667. The molecule has 0 saturated heterocycles. The average molecular weight is 338 g/mol. The van der Waals surface area contributed by atoms with Crippen molar-refractivity contribution in [1.82, 2.24) is 0 Å². The Labute approximate surface area is 155 Å². The van der Waals surface area contributed by atoms with E-state index in [2.05, 4.69) is 6.92 Å². The van der Waals surface area contributed by atoms with Crippen molar-refractivity contribution < 1.29 is 52.1 Å². The molecule has 0 heterocycles. The topological polar surface area (TPSA) is 83.5 Å². The monoisotopic (exact) mass is 338 g/mol. The largest absolute Gasteiger partial charge is 1.00 e. The Morgan fingerprint density at radius 3 is 2.36 bits per heavy atom. The van der Waals surface area contributed by atoms with Crippen molar-refractivity contribution >= 4 is 16.1 Å². The third kappa shape index (κ3) is 6.96. The van der Waals surface area contributed by atoms with Gasteiger partial charge in [-0.05, 0) is 12.5 Å². The van der Waals surface area contributed by atoms with Gasteiger partial charge in [0.15, 0.2) is 0 Å². The van der Waals surface area contributed by atoms with Crippen molar-refractivity contribution in [3.05, 3.63) is 24.3 Å². The third-order valence-corrected chi connectivity index (χ3v) is 4.68. The maximum atomic E-state index is 11.8. The second-order valence-corrected chi connectivity index (χ2v) is 6.85. The van der Waals surface area contributed by atoms with E-state index < -0.39 is 21.0 Å². The van der Waals surface area contributed by atoms with Crippen LogP contribution in [0.15, 0.2) is 24.3 Å². The van der Waals surface area contributed by atoms with Gasteiger partial charge in [0.2, 0.25) is 4.93 Å². The zero-order valence-electron chi connectivity index (χ0n) is 13.4. The minimum Gasteiger partial charge on any atom is -0.745 e. The van der Waals surface area contributed by atoms with Gasteiger partial charge in [0, 0.05) is 12.8 Å². The summed E-state index contributed by atoms with van der Waals surface area (Å²) in [6, 6.07) is 0. The predicted octanol–water partition coefficient (Wildman–Crippen LogP) is 0.0418. The van der Waals surface area contributed by atoms with Gasteiger partial charge in [0.05, 0.1) is 0 Å². The molecular formula is C15H23NaO5S. The summed E-state index contributed by atoms with van der Waals surface area (Å²) in [6.45, 7) is 2.13. The summed E-state index contributed by atoms with van der Waals surface area (Å²) in [5.74, 6) is -0.634. The number of carbonyl (C=O) groups is 1. The number of unbranched alkanes of at least 4 members (excludes halogenated alkanes) is 5. The normalized spacial score (nSPS) is 20.5. The first kappa shape index (κ1) is 21.9. The van der Waals surface area contributed by atoms with Crippen molar-refractivity contribution in [3.63, 3.8) is 0 Å². The SMILES string of the molecule is CCCCCCCCC(=O)OC1(S(=O)(=O)[O-])C=CC=CC1.[Na+]. The van der Waals surface area contributed by atoms with Crippen molar-refractivity contribution in [2.75, 3.05) is 0 Å². The van der Waals surface area contributed by atoms with Crippen LogP contribution in [0.1, 0.15) is 58.3 Å². The van der Waals surface area contributed by atoms with Gasteiger partial charge in [-0.1, -0.05) is 57.3 Å². The van der Waals surface area contributed by atoms with E-state index in [-0.39, 0.29) is 42.4 Å². The first-order valence-electron chi connectivity index (χ1n) is 7.43. The van der Waals surface area contributed by atoms with E-state index in [1.807, 2.05) is 0 Å². The molecule has 0 amide bonds. The van der Waals surface area contributed by atoms with Gasteiger partial charge in [-0.2, -0.15) is 0 Å². The molecule has 5 nitrogen and oxygen atoms in total. The molecule has 0 radical (unpaired) electrons. The number of hydrogen-bond donors (Lipinski definition) is 0. The summed E-state index contributed by atoms with van der Waals surface area (Å²) in [7, 11) is -4.76. The van der Waals surface area contributed by atoms with E-state index in [1.165, 1.54) is 18.6 Å². The van der Waals surface area contributed by atoms with E-state index in [1.54, 1.807) is 6.08 Å². The van der Waals surface area contributed by atoms with E-state index >= 15 is 0 Å². The molecule has 1 unspecified atom stereocenters. The quantitative estimate of drug-likeness (QED) is 0.257. The predicted molar refractivity (Wildman–Crippen MR) is 79.4 cm³/mol. The molecule has 0 fully saturated rings. The molecule has 0 aromatic heterocycles. The fourth-order valence-corrected chi connectivity index (χ4v) is 2.93. The molecule has 0 aromatic rings. The molecule has 1 aliphatic rings. The van der Waals surface area contributed by atoms with Gasteiger partial charge < -0.3 is 9.29 Å². The average Bonchev–Trinajstić information content (AvgIpc) is 2.42. The van der Waals surface area contributed by atoms with Crippen LogP contribution in [0.3, 0.4) is 0 Å². The summed E-state index contributed by atoms with van der Waals surface area (Å²) < 4.78 is 39.1. The van der Waals surface area contributed by atoms with Crippen LogP contribution in [0.4, 0.5) is 0 Å². The third-order valence-electron chi connectivity index (χ3n) is 3.44. The molecule has 0 saturated carbocycles. The van der Waals surface area contributed by atoms with Crippen molar-refractivity contribution in [2.45, 2.75) is 63.2 Å². The summed E-state index contributed by atoms with van der Waals surface area (Å²) in [4.78, 5) is 9.70. The Bertz CT molecular complexity index is 498. The number of rotatable bonds is 9. The van der Waals surface area contributed by atoms with Crippen LogP contribution in [0.25, 0.3) is 0 Å². The molecule has 0 aliphatic heterocycles.